The molecule has 0 aliphatic carbocycles. The molecule has 1 aromatic carbocycles. The van der Waals surface area contributed by atoms with Crippen molar-refractivity contribution in [2.75, 3.05) is 7.11 Å². The van der Waals surface area contributed by atoms with E-state index in [1.807, 2.05) is 12.1 Å². The van der Waals surface area contributed by atoms with Crippen LogP contribution in [0.2, 0.25) is 0 Å². The monoisotopic (exact) mass is 207 g/mol. The number of carbonyl (C=O) groups is 1. The summed E-state index contributed by atoms with van der Waals surface area (Å²) >= 11 is 0. The van der Waals surface area contributed by atoms with Crippen LogP contribution in [0.4, 0.5) is 0 Å². The highest BCUT2D eigenvalue weighted by Crippen LogP contribution is 2.27. The number of hydrogen-bond donors (Lipinski definition) is 1. The molecule has 0 atom stereocenters. The molecule has 0 unspecified atom stereocenters. The molecule has 0 saturated carbocycles. The number of carbonyl (C=O) groups excluding carboxylic acids is 1. The third-order valence-corrected chi connectivity index (χ3v) is 2.29. The molecule has 0 aliphatic rings. The lowest BCUT2D eigenvalue weighted by molar-refractivity contribution is 0.1000. The molecule has 0 heterocycles. The van der Waals surface area contributed by atoms with Crippen LogP contribution >= 0.6 is 0 Å². The molecule has 0 saturated heterocycles. The standard InChI is InChI=1S/C12H17NO2/c1-12(2,3)9-5-8(11(13)14)6-10(7-9)15-4/h5-7H,1-4H3,(H2,13,14). The second-order valence-electron chi connectivity index (χ2n) is 4.56. The normalized spacial score (nSPS) is 11.2. The fraction of sp³-hybridized carbons (Fsp3) is 0.417. The first-order valence-electron chi connectivity index (χ1n) is 4.84. The molecule has 1 amide bonds. The van der Waals surface area contributed by atoms with Crippen molar-refractivity contribution in [1.82, 2.24) is 0 Å². The minimum Gasteiger partial charge on any atom is -0.497 e. The summed E-state index contributed by atoms with van der Waals surface area (Å²) < 4.78 is 5.13. The van der Waals surface area contributed by atoms with Gasteiger partial charge in [0, 0.05) is 5.56 Å². The predicted octanol–water partition coefficient (Wildman–Crippen LogP) is 2.09. The highest BCUT2D eigenvalue weighted by Gasteiger charge is 2.16. The Balaban J connectivity index is 3.30. The molecule has 82 valence electrons. The van der Waals surface area contributed by atoms with E-state index in [0.717, 1.165) is 5.56 Å². The minimum atomic E-state index is -0.431. The number of primary amides is 1. The zero-order chi connectivity index (χ0) is 11.6. The Kier molecular flexibility index (Phi) is 3.03. The fourth-order valence-corrected chi connectivity index (χ4v) is 1.29. The molecule has 2 N–H and O–H groups in total. The van der Waals surface area contributed by atoms with E-state index in [0.29, 0.717) is 11.3 Å². The summed E-state index contributed by atoms with van der Waals surface area (Å²) in [6, 6.07) is 5.38. The maximum Gasteiger partial charge on any atom is 0.248 e. The number of rotatable bonds is 2. The van der Waals surface area contributed by atoms with Crippen LogP contribution in [0.5, 0.6) is 5.75 Å². The molecule has 1 aromatic rings. The van der Waals surface area contributed by atoms with Gasteiger partial charge in [-0.2, -0.15) is 0 Å². The highest BCUT2D eigenvalue weighted by molar-refractivity contribution is 5.93. The van der Waals surface area contributed by atoms with Crippen molar-refractivity contribution in [3.8, 4) is 5.75 Å². The van der Waals surface area contributed by atoms with E-state index in [1.54, 1.807) is 13.2 Å². The average Bonchev–Trinajstić information content (AvgIpc) is 2.15. The second-order valence-corrected chi connectivity index (χ2v) is 4.56. The van der Waals surface area contributed by atoms with Gasteiger partial charge in [0.05, 0.1) is 7.11 Å². The lowest BCUT2D eigenvalue weighted by Crippen LogP contribution is -2.16. The first-order valence-corrected chi connectivity index (χ1v) is 4.84. The fourth-order valence-electron chi connectivity index (χ4n) is 1.29. The second kappa shape index (κ2) is 3.93. The van der Waals surface area contributed by atoms with Gasteiger partial charge in [-0.1, -0.05) is 20.8 Å². The minimum absolute atomic E-state index is 0.0290. The van der Waals surface area contributed by atoms with Gasteiger partial charge < -0.3 is 10.5 Å². The summed E-state index contributed by atoms with van der Waals surface area (Å²) in [6.07, 6.45) is 0. The van der Waals surface area contributed by atoms with Crippen molar-refractivity contribution in [3.63, 3.8) is 0 Å². The van der Waals surface area contributed by atoms with Crippen molar-refractivity contribution in [3.05, 3.63) is 29.3 Å². The molecule has 0 aliphatic heterocycles. The van der Waals surface area contributed by atoms with Crippen molar-refractivity contribution in [2.24, 2.45) is 5.73 Å². The first-order chi connectivity index (χ1) is 6.84. The lowest BCUT2D eigenvalue weighted by atomic mass is 9.86. The molecular formula is C12H17NO2. The predicted molar refractivity (Wildman–Crippen MR) is 60.2 cm³/mol. The summed E-state index contributed by atoms with van der Waals surface area (Å²) in [4.78, 5) is 11.1. The van der Waals surface area contributed by atoms with Gasteiger partial charge in [0.2, 0.25) is 5.91 Å². The Morgan fingerprint density at radius 2 is 1.87 bits per heavy atom. The molecule has 0 spiro atoms. The molecule has 0 fully saturated rings. The molecule has 1 rings (SSSR count). The van der Waals surface area contributed by atoms with E-state index >= 15 is 0 Å². The molecular weight excluding hydrogens is 190 g/mol. The van der Waals surface area contributed by atoms with Gasteiger partial charge in [-0.15, -0.1) is 0 Å². The van der Waals surface area contributed by atoms with Gasteiger partial charge in [0.15, 0.2) is 0 Å². The lowest BCUT2D eigenvalue weighted by Gasteiger charge is -2.20. The summed E-state index contributed by atoms with van der Waals surface area (Å²) in [6.45, 7) is 6.23. The number of hydrogen-bond acceptors (Lipinski definition) is 2. The van der Waals surface area contributed by atoms with Gasteiger partial charge in [-0.05, 0) is 29.2 Å². The van der Waals surface area contributed by atoms with Crippen molar-refractivity contribution in [2.45, 2.75) is 26.2 Å². The van der Waals surface area contributed by atoms with E-state index in [9.17, 15) is 4.79 Å². The number of amides is 1. The van der Waals surface area contributed by atoms with E-state index in [-0.39, 0.29) is 5.41 Å². The van der Waals surface area contributed by atoms with Gasteiger partial charge in [0.1, 0.15) is 5.75 Å². The summed E-state index contributed by atoms with van der Waals surface area (Å²) in [5, 5.41) is 0. The van der Waals surface area contributed by atoms with Crippen LogP contribution < -0.4 is 10.5 Å². The van der Waals surface area contributed by atoms with E-state index < -0.39 is 5.91 Å². The van der Waals surface area contributed by atoms with Gasteiger partial charge in [-0.25, -0.2) is 0 Å². The number of ether oxygens (including phenoxy) is 1. The number of benzene rings is 1. The maximum atomic E-state index is 11.1. The first kappa shape index (κ1) is 11.6. The van der Waals surface area contributed by atoms with Crippen LogP contribution in [0.3, 0.4) is 0 Å². The Morgan fingerprint density at radius 1 is 1.27 bits per heavy atom. The van der Waals surface area contributed by atoms with Crippen LogP contribution in [0.1, 0.15) is 36.7 Å². The molecule has 0 radical (unpaired) electrons. The van der Waals surface area contributed by atoms with Gasteiger partial charge >= 0.3 is 0 Å². The van der Waals surface area contributed by atoms with Crippen LogP contribution in [0, 0.1) is 0 Å². The van der Waals surface area contributed by atoms with Crippen LogP contribution in [0.25, 0.3) is 0 Å². The molecule has 3 heteroatoms. The highest BCUT2D eigenvalue weighted by atomic mass is 16.5. The molecule has 0 aromatic heterocycles. The molecule has 0 bridgehead atoms. The van der Waals surface area contributed by atoms with Crippen LogP contribution in [-0.4, -0.2) is 13.0 Å². The maximum absolute atomic E-state index is 11.1. The zero-order valence-corrected chi connectivity index (χ0v) is 9.63. The SMILES string of the molecule is COc1cc(C(N)=O)cc(C(C)(C)C)c1. The third-order valence-electron chi connectivity index (χ3n) is 2.29. The van der Waals surface area contributed by atoms with Crippen LogP contribution in [-0.2, 0) is 5.41 Å². The largest absolute Gasteiger partial charge is 0.497 e. The third kappa shape index (κ3) is 2.72. The molecule has 3 nitrogen and oxygen atoms in total. The van der Waals surface area contributed by atoms with Crippen molar-refractivity contribution < 1.29 is 9.53 Å². The average molecular weight is 207 g/mol. The van der Waals surface area contributed by atoms with Crippen molar-refractivity contribution in [1.29, 1.82) is 0 Å². The number of methoxy groups -OCH3 is 1. The summed E-state index contributed by atoms with van der Waals surface area (Å²) in [5.41, 5.74) is 6.75. The van der Waals surface area contributed by atoms with Gasteiger partial charge in [0.25, 0.3) is 0 Å². The van der Waals surface area contributed by atoms with E-state index in [4.69, 9.17) is 10.5 Å². The Hall–Kier alpha value is -1.51. The zero-order valence-electron chi connectivity index (χ0n) is 9.63. The Morgan fingerprint density at radius 3 is 2.27 bits per heavy atom. The Labute approximate surface area is 90.2 Å². The smallest absolute Gasteiger partial charge is 0.248 e. The van der Waals surface area contributed by atoms with Gasteiger partial charge in [-0.3, -0.25) is 4.79 Å². The number of nitrogens with two attached hydrogens (primary N) is 1. The summed E-state index contributed by atoms with van der Waals surface area (Å²) in [5.74, 6) is 0.232. The Bertz CT molecular complexity index is 378. The summed E-state index contributed by atoms with van der Waals surface area (Å²) in [7, 11) is 1.58. The molecule has 15 heavy (non-hydrogen) atoms. The van der Waals surface area contributed by atoms with E-state index in [1.165, 1.54) is 0 Å². The van der Waals surface area contributed by atoms with E-state index in [2.05, 4.69) is 20.8 Å². The topological polar surface area (TPSA) is 52.3 Å². The van der Waals surface area contributed by atoms with Crippen LogP contribution in [0.15, 0.2) is 18.2 Å². The van der Waals surface area contributed by atoms with Crippen molar-refractivity contribution >= 4 is 5.91 Å². The quantitative estimate of drug-likeness (QED) is 0.807.